The molecule has 7 heteroatoms. The van der Waals surface area contributed by atoms with E-state index in [1.165, 1.54) is 36.3 Å². The molecule has 120 valence electrons. The van der Waals surface area contributed by atoms with Crippen molar-refractivity contribution in [2.24, 2.45) is 5.41 Å². The third kappa shape index (κ3) is 3.54. The molecule has 1 aliphatic heterocycles. The summed E-state index contributed by atoms with van der Waals surface area (Å²) in [6.45, 7) is 0.294. The molecule has 1 N–H and O–H groups in total. The molecule has 1 saturated heterocycles. The van der Waals surface area contributed by atoms with Gasteiger partial charge in [-0.15, -0.1) is 0 Å². The fourth-order valence-corrected chi connectivity index (χ4v) is 2.48. The van der Waals surface area contributed by atoms with E-state index in [1.54, 1.807) is 0 Å². The van der Waals surface area contributed by atoms with Crippen molar-refractivity contribution in [1.29, 1.82) is 0 Å². The largest absolute Gasteiger partial charge is 0.484 e. The molecule has 0 bridgehead atoms. The van der Waals surface area contributed by atoms with Crippen molar-refractivity contribution in [1.82, 2.24) is 4.90 Å². The van der Waals surface area contributed by atoms with Gasteiger partial charge in [-0.05, 0) is 30.7 Å². The first-order chi connectivity index (χ1) is 10.5. The molecule has 1 unspecified atom stereocenters. The van der Waals surface area contributed by atoms with E-state index < -0.39 is 11.4 Å². The van der Waals surface area contributed by atoms with Crippen molar-refractivity contribution in [2.75, 3.05) is 33.4 Å². The minimum Gasteiger partial charge on any atom is -0.484 e. The van der Waals surface area contributed by atoms with E-state index in [-0.39, 0.29) is 31.5 Å². The van der Waals surface area contributed by atoms with E-state index in [0.29, 0.717) is 18.7 Å². The van der Waals surface area contributed by atoms with Gasteiger partial charge in [-0.2, -0.15) is 0 Å². The van der Waals surface area contributed by atoms with Gasteiger partial charge in [0.2, 0.25) is 0 Å². The quantitative estimate of drug-likeness (QED) is 0.853. The SMILES string of the molecule is COCC1(C(=O)O)CCN(C(=O)COc2ccc(F)cc2)C1. The van der Waals surface area contributed by atoms with Crippen molar-refractivity contribution >= 4 is 11.9 Å². The average Bonchev–Trinajstić information content (AvgIpc) is 2.92. The Morgan fingerprint density at radius 2 is 2.05 bits per heavy atom. The highest BCUT2D eigenvalue weighted by atomic mass is 19.1. The first-order valence-corrected chi connectivity index (χ1v) is 6.85. The molecule has 1 amide bonds. The Morgan fingerprint density at radius 1 is 1.36 bits per heavy atom. The van der Waals surface area contributed by atoms with Crippen molar-refractivity contribution in [3.8, 4) is 5.75 Å². The summed E-state index contributed by atoms with van der Waals surface area (Å²) in [5.74, 6) is -1.27. The molecular weight excluding hydrogens is 293 g/mol. The molecule has 1 aliphatic rings. The van der Waals surface area contributed by atoms with Crippen LogP contribution in [0.15, 0.2) is 24.3 Å². The predicted octanol–water partition coefficient (Wildman–Crippen LogP) is 1.15. The molecule has 0 spiro atoms. The number of carbonyl (C=O) groups is 2. The van der Waals surface area contributed by atoms with E-state index in [4.69, 9.17) is 9.47 Å². The smallest absolute Gasteiger partial charge is 0.313 e. The molecule has 0 radical (unpaired) electrons. The van der Waals surface area contributed by atoms with E-state index in [1.807, 2.05) is 0 Å². The Morgan fingerprint density at radius 3 is 2.64 bits per heavy atom. The summed E-state index contributed by atoms with van der Waals surface area (Å²) in [7, 11) is 1.44. The summed E-state index contributed by atoms with van der Waals surface area (Å²) in [4.78, 5) is 25.0. The van der Waals surface area contributed by atoms with E-state index in [9.17, 15) is 19.1 Å². The lowest BCUT2D eigenvalue weighted by molar-refractivity contribution is -0.151. The number of methoxy groups -OCH3 is 1. The predicted molar refractivity (Wildman–Crippen MR) is 75.0 cm³/mol. The van der Waals surface area contributed by atoms with Gasteiger partial charge in [0, 0.05) is 20.2 Å². The van der Waals surface area contributed by atoms with Crippen molar-refractivity contribution < 1.29 is 28.6 Å². The van der Waals surface area contributed by atoms with Gasteiger partial charge in [0.1, 0.15) is 17.0 Å². The molecule has 1 aromatic rings. The zero-order valence-corrected chi connectivity index (χ0v) is 12.3. The second kappa shape index (κ2) is 6.74. The van der Waals surface area contributed by atoms with Crippen LogP contribution in [0.5, 0.6) is 5.75 Å². The van der Waals surface area contributed by atoms with Crippen LogP contribution < -0.4 is 4.74 Å². The number of carbonyl (C=O) groups excluding carboxylic acids is 1. The highest BCUT2D eigenvalue weighted by Crippen LogP contribution is 2.31. The summed E-state index contributed by atoms with van der Waals surface area (Å²) in [6.07, 6.45) is 0.346. The van der Waals surface area contributed by atoms with E-state index in [2.05, 4.69) is 0 Å². The first-order valence-electron chi connectivity index (χ1n) is 6.85. The van der Waals surface area contributed by atoms with Crippen LogP contribution in [0.4, 0.5) is 4.39 Å². The summed E-state index contributed by atoms with van der Waals surface area (Å²) < 4.78 is 23.0. The molecule has 0 saturated carbocycles. The van der Waals surface area contributed by atoms with Gasteiger partial charge in [-0.1, -0.05) is 0 Å². The van der Waals surface area contributed by atoms with Crippen molar-refractivity contribution in [3.63, 3.8) is 0 Å². The zero-order valence-electron chi connectivity index (χ0n) is 12.3. The third-order valence-corrected chi connectivity index (χ3v) is 3.76. The Balaban J connectivity index is 1.91. The summed E-state index contributed by atoms with van der Waals surface area (Å²) in [6, 6.07) is 5.34. The highest BCUT2D eigenvalue weighted by molar-refractivity contribution is 5.81. The molecular formula is C15H18FNO5. The third-order valence-electron chi connectivity index (χ3n) is 3.76. The van der Waals surface area contributed by atoms with Gasteiger partial charge in [0.25, 0.3) is 5.91 Å². The number of carboxylic acids is 1. The monoisotopic (exact) mass is 311 g/mol. The molecule has 1 heterocycles. The van der Waals surface area contributed by atoms with Crippen LogP contribution >= 0.6 is 0 Å². The lowest BCUT2D eigenvalue weighted by atomic mass is 9.88. The molecule has 6 nitrogen and oxygen atoms in total. The Bertz CT molecular complexity index is 547. The minimum atomic E-state index is -1.06. The average molecular weight is 311 g/mol. The van der Waals surface area contributed by atoms with Crippen LogP contribution in [-0.2, 0) is 14.3 Å². The number of likely N-dealkylation sites (tertiary alicyclic amines) is 1. The number of hydrogen-bond acceptors (Lipinski definition) is 4. The summed E-state index contributed by atoms with van der Waals surface area (Å²) in [5.41, 5.74) is -1.06. The van der Waals surface area contributed by atoms with E-state index in [0.717, 1.165) is 0 Å². The van der Waals surface area contributed by atoms with Crippen LogP contribution in [0.1, 0.15) is 6.42 Å². The molecule has 0 aromatic heterocycles. The van der Waals surface area contributed by atoms with Crippen molar-refractivity contribution in [3.05, 3.63) is 30.1 Å². The standard InChI is InChI=1S/C15H18FNO5/c1-21-10-15(14(19)20)6-7-17(9-15)13(18)8-22-12-4-2-11(16)3-5-12/h2-5H,6-10H2,1H3,(H,19,20). The molecule has 2 rings (SSSR count). The lowest BCUT2D eigenvalue weighted by Crippen LogP contribution is -2.41. The van der Waals surface area contributed by atoms with Crippen LogP contribution in [0, 0.1) is 11.2 Å². The Kier molecular flexibility index (Phi) is 4.97. The number of ether oxygens (including phenoxy) is 2. The Hall–Kier alpha value is -2.15. The van der Waals surface area contributed by atoms with Gasteiger partial charge < -0.3 is 19.5 Å². The van der Waals surface area contributed by atoms with Gasteiger partial charge in [-0.3, -0.25) is 9.59 Å². The second-order valence-electron chi connectivity index (χ2n) is 5.33. The molecule has 0 aliphatic carbocycles. The number of benzene rings is 1. The minimum absolute atomic E-state index is 0.0604. The number of nitrogens with zero attached hydrogens (tertiary/aromatic N) is 1. The van der Waals surface area contributed by atoms with Gasteiger partial charge in [-0.25, -0.2) is 4.39 Å². The number of hydrogen-bond donors (Lipinski definition) is 1. The normalized spacial score (nSPS) is 20.9. The molecule has 1 atom stereocenters. The fourth-order valence-electron chi connectivity index (χ4n) is 2.48. The maximum Gasteiger partial charge on any atom is 0.313 e. The second-order valence-corrected chi connectivity index (χ2v) is 5.33. The maximum atomic E-state index is 12.8. The van der Waals surface area contributed by atoms with Gasteiger partial charge in [0.15, 0.2) is 6.61 Å². The molecule has 1 fully saturated rings. The number of aliphatic carboxylic acids is 1. The molecule has 1 aromatic carbocycles. The highest BCUT2D eigenvalue weighted by Gasteiger charge is 2.46. The number of carboxylic acid groups (broad SMARTS) is 1. The summed E-state index contributed by atoms with van der Waals surface area (Å²) in [5, 5.41) is 9.34. The van der Waals surface area contributed by atoms with Crippen molar-refractivity contribution in [2.45, 2.75) is 6.42 Å². The fraction of sp³-hybridized carbons (Fsp3) is 0.467. The van der Waals surface area contributed by atoms with Crippen LogP contribution in [0.3, 0.4) is 0 Å². The van der Waals surface area contributed by atoms with Crippen LogP contribution in [0.25, 0.3) is 0 Å². The first kappa shape index (κ1) is 16.2. The molecule has 22 heavy (non-hydrogen) atoms. The number of rotatable bonds is 6. The summed E-state index contributed by atoms with van der Waals surface area (Å²) >= 11 is 0. The van der Waals surface area contributed by atoms with Gasteiger partial charge in [0.05, 0.1) is 6.61 Å². The van der Waals surface area contributed by atoms with Gasteiger partial charge >= 0.3 is 5.97 Å². The lowest BCUT2D eigenvalue weighted by Gasteiger charge is -2.23. The number of amides is 1. The van der Waals surface area contributed by atoms with Crippen LogP contribution in [-0.4, -0.2) is 55.3 Å². The van der Waals surface area contributed by atoms with Crippen LogP contribution in [0.2, 0.25) is 0 Å². The van der Waals surface area contributed by atoms with E-state index >= 15 is 0 Å². The zero-order chi connectivity index (χ0) is 16.2. The number of halogens is 1. The maximum absolute atomic E-state index is 12.8. The topological polar surface area (TPSA) is 76.1 Å². The Labute approximate surface area is 127 Å².